The molecule has 0 aliphatic rings. The zero-order valence-corrected chi connectivity index (χ0v) is 11.5. The van der Waals surface area contributed by atoms with E-state index in [1.54, 1.807) is 0 Å². The van der Waals surface area contributed by atoms with Crippen molar-refractivity contribution in [2.75, 3.05) is 18.7 Å². The molecule has 2 aromatic heterocycles. The van der Waals surface area contributed by atoms with E-state index >= 15 is 0 Å². The minimum atomic E-state index is -4.25. The lowest BCUT2D eigenvalue weighted by Crippen LogP contribution is -2.13. The minimum Gasteiger partial charge on any atom is -0.369 e. The van der Waals surface area contributed by atoms with Crippen molar-refractivity contribution in [2.45, 2.75) is 6.54 Å². The Balaban J connectivity index is 2.29. The van der Waals surface area contributed by atoms with Gasteiger partial charge in [-0.2, -0.15) is 4.98 Å². The zero-order chi connectivity index (χ0) is 15.6. The molecule has 0 radical (unpaired) electrons. The van der Waals surface area contributed by atoms with Gasteiger partial charge in [0.15, 0.2) is 5.52 Å². The number of hydrogen-bond donors (Lipinski definition) is 4. The molecule has 0 saturated heterocycles. The van der Waals surface area contributed by atoms with Crippen molar-refractivity contribution in [3.8, 4) is 0 Å². The van der Waals surface area contributed by atoms with Crippen molar-refractivity contribution < 1.29 is 19.1 Å². The Morgan fingerprint density at radius 2 is 2.14 bits per heavy atom. The summed E-state index contributed by atoms with van der Waals surface area (Å²) in [7, 11) is -4.25. The van der Waals surface area contributed by atoms with E-state index in [2.05, 4.69) is 15.0 Å². The first-order valence-corrected chi connectivity index (χ1v) is 7.45. The summed E-state index contributed by atoms with van der Waals surface area (Å²) in [6, 6.07) is 0. The second-order valence-corrected chi connectivity index (χ2v) is 5.68. The highest BCUT2D eigenvalue weighted by Gasteiger charge is 2.14. The van der Waals surface area contributed by atoms with Crippen LogP contribution in [0.1, 0.15) is 0 Å². The smallest absolute Gasteiger partial charge is 0.350 e. The number of ether oxygens (including phenoxy) is 1. The molecule has 2 heterocycles. The molecule has 5 N–H and O–H groups in total. The average molecular weight is 317 g/mol. The van der Waals surface area contributed by atoms with E-state index in [1.807, 2.05) is 0 Å². The molecule has 0 aliphatic heterocycles. The highest BCUT2D eigenvalue weighted by molar-refractivity contribution is 7.51. The van der Waals surface area contributed by atoms with E-state index in [0.29, 0.717) is 0 Å². The van der Waals surface area contributed by atoms with Gasteiger partial charge in [0, 0.05) is 6.54 Å². The van der Waals surface area contributed by atoms with Crippen LogP contribution >= 0.6 is 7.60 Å². The first kappa shape index (κ1) is 15.3. The number of nitrogen functional groups attached to an aromatic ring is 1. The summed E-state index contributed by atoms with van der Waals surface area (Å²) in [6.45, 7) is -0.00530. The number of rotatable bonds is 5. The summed E-state index contributed by atoms with van der Waals surface area (Å²) in [6.07, 6.45) is 0.505. The van der Waals surface area contributed by atoms with Crippen molar-refractivity contribution in [1.82, 2.24) is 19.5 Å². The van der Waals surface area contributed by atoms with Crippen molar-refractivity contribution in [3.63, 3.8) is 0 Å². The molecule has 0 atom stereocenters. The van der Waals surface area contributed by atoms with Gasteiger partial charge in [0.2, 0.25) is 5.95 Å². The van der Waals surface area contributed by atoms with Gasteiger partial charge >= 0.3 is 13.2 Å². The van der Waals surface area contributed by atoms with E-state index in [1.165, 1.54) is 10.9 Å². The number of imidazole rings is 1. The maximum absolute atomic E-state index is 11.9. The molecule has 0 spiro atoms. The Hall–Kier alpha value is -2.07. The molecule has 0 unspecified atom stereocenters. The molecule has 21 heavy (non-hydrogen) atoms. The molecule has 0 aliphatic carbocycles. The van der Waals surface area contributed by atoms with Crippen LogP contribution in [0.4, 0.5) is 5.95 Å². The van der Waals surface area contributed by atoms with Crippen molar-refractivity contribution in [2.24, 2.45) is 0 Å². The number of fused-ring (bicyclic) bond motifs is 1. The normalized spacial score (nSPS) is 11.9. The predicted octanol–water partition coefficient (Wildman–Crippen LogP) is -1.79. The Bertz CT molecular complexity index is 823. The maximum Gasteiger partial charge on any atom is 0.350 e. The highest BCUT2D eigenvalue weighted by Crippen LogP contribution is 2.33. The topological polar surface area (TPSA) is 173 Å². The van der Waals surface area contributed by atoms with E-state index in [4.69, 9.17) is 20.3 Å². The number of nitrogens with two attached hydrogens (primary N) is 1. The summed E-state index contributed by atoms with van der Waals surface area (Å²) in [5, 5.41) is 0. The Morgan fingerprint density at radius 3 is 2.81 bits per heavy atom. The van der Waals surface area contributed by atoms with Crippen LogP contribution < -0.4 is 16.9 Å². The van der Waals surface area contributed by atoms with E-state index in [-0.39, 0.29) is 30.1 Å². The Labute approximate surface area is 116 Å². The summed E-state index contributed by atoms with van der Waals surface area (Å²) in [5.74, 6) is -0.327. The molecule has 12 heteroatoms. The quantitative estimate of drug-likeness (QED) is 0.367. The molecular weight excluding hydrogens is 305 g/mol. The van der Waals surface area contributed by atoms with Gasteiger partial charge in [-0.05, 0) is 0 Å². The number of anilines is 1. The fraction of sp³-hybridized carbons (Fsp3) is 0.333. The third-order valence-corrected chi connectivity index (χ3v) is 2.97. The Kier molecular flexibility index (Phi) is 4.19. The van der Waals surface area contributed by atoms with Gasteiger partial charge in [0.05, 0.1) is 12.9 Å². The number of nitrogens with zero attached hydrogens (tertiary/aromatic N) is 3. The number of aromatic amines is 1. The van der Waals surface area contributed by atoms with Gasteiger partial charge < -0.3 is 24.8 Å². The third kappa shape index (κ3) is 3.73. The molecular formula is C9H12N5O6P. The van der Waals surface area contributed by atoms with E-state index in [0.717, 1.165) is 0 Å². The molecule has 0 bridgehead atoms. The summed E-state index contributed by atoms with van der Waals surface area (Å²) in [4.78, 5) is 50.3. The second-order valence-electron chi connectivity index (χ2n) is 4.09. The van der Waals surface area contributed by atoms with Crippen LogP contribution in [0.3, 0.4) is 0 Å². The molecule has 114 valence electrons. The number of hydrogen-bond acceptors (Lipinski definition) is 7. The fourth-order valence-electron chi connectivity index (χ4n) is 1.66. The predicted molar refractivity (Wildman–Crippen MR) is 71.7 cm³/mol. The largest absolute Gasteiger partial charge is 0.369 e. The third-order valence-electron chi connectivity index (χ3n) is 2.45. The van der Waals surface area contributed by atoms with Gasteiger partial charge in [-0.15, -0.1) is 0 Å². The molecule has 2 rings (SSSR count). The minimum absolute atomic E-state index is 0.0380. The van der Waals surface area contributed by atoms with Crippen molar-refractivity contribution in [3.05, 3.63) is 27.0 Å². The molecule has 0 amide bonds. The van der Waals surface area contributed by atoms with E-state index in [9.17, 15) is 14.2 Å². The van der Waals surface area contributed by atoms with Crippen LogP contribution in [-0.4, -0.2) is 42.3 Å². The molecule has 11 nitrogen and oxygen atoms in total. The summed E-state index contributed by atoms with van der Waals surface area (Å²) >= 11 is 0. The second kappa shape index (κ2) is 5.74. The standard InChI is InChI=1S/C9H12N5O6P/c10-9-12-7(15)5-6(8(16)13-9)14(3-11-5)1-2-20-4-21(17,18)19/h3H,1-2,4H2,(H2,17,18,19)(H3,10,12,13,15,16). The van der Waals surface area contributed by atoms with Crippen LogP contribution in [0.2, 0.25) is 0 Å². The van der Waals surface area contributed by atoms with Crippen LogP contribution in [0, 0.1) is 0 Å². The van der Waals surface area contributed by atoms with E-state index < -0.39 is 25.1 Å². The first-order chi connectivity index (χ1) is 9.78. The van der Waals surface area contributed by atoms with Gasteiger partial charge in [-0.1, -0.05) is 0 Å². The van der Waals surface area contributed by atoms with Gasteiger partial charge in [0.1, 0.15) is 11.9 Å². The number of aromatic nitrogens is 4. The molecule has 0 aromatic carbocycles. The monoisotopic (exact) mass is 317 g/mol. The summed E-state index contributed by atoms with van der Waals surface area (Å²) in [5.41, 5.74) is 3.73. The van der Waals surface area contributed by atoms with Gasteiger partial charge in [-0.3, -0.25) is 19.1 Å². The van der Waals surface area contributed by atoms with Gasteiger partial charge in [0.25, 0.3) is 5.56 Å². The fourth-order valence-corrected chi connectivity index (χ4v) is 2.03. The molecule has 2 aromatic rings. The van der Waals surface area contributed by atoms with Crippen LogP contribution in [0.5, 0.6) is 0 Å². The lowest BCUT2D eigenvalue weighted by atomic mass is 10.4. The maximum atomic E-state index is 11.9. The Morgan fingerprint density at radius 1 is 1.43 bits per heavy atom. The first-order valence-electron chi connectivity index (χ1n) is 5.65. The van der Waals surface area contributed by atoms with Crippen LogP contribution in [0.15, 0.2) is 15.9 Å². The van der Waals surface area contributed by atoms with Crippen LogP contribution in [-0.2, 0) is 15.8 Å². The van der Waals surface area contributed by atoms with Crippen molar-refractivity contribution in [1.29, 1.82) is 0 Å². The number of H-pyrrole nitrogens is 1. The average Bonchev–Trinajstić information content (AvgIpc) is 2.72. The van der Waals surface area contributed by atoms with Crippen LogP contribution in [0.25, 0.3) is 11.0 Å². The van der Waals surface area contributed by atoms with Gasteiger partial charge in [-0.25, -0.2) is 4.98 Å². The molecule has 0 saturated carbocycles. The summed E-state index contributed by atoms with van der Waals surface area (Å²) < 4.78 is 16.7. The number of nitrogens with one attached hydrogen (secondary N) is 1. The van der Waals surface area contributed by atoms with Crippen molar-refractivity contribution >= 4 is 24.6 Å². The lowest BCUT2D eigenvalue weighted by Gasteiger charge is -2.06. The highest BCUT2D eigenvalue weighted by atomic mass is 31.2. The zero-order valence-electron chi connectivity index (χ0n) is 10.6. The lowest BCUT2D eigenvalue weighted by molar-refractivity contribution is 0.149. The SMILES string of the molecule is Nc1nc(=O)c2ncn(CCOCP(=O)(O)O)c2c(=O)[nH]1. The molecule has 0 fully saturated rings.